The van der Waals surface area contributed by atoms with E-state index in [1.807, 2.05) is 6.07 Å². The smallest absolute Gasteiger partial charge is 0.289 e. The fraction of sp³-hybridized carbons (Fsp3) is 0.167. The average molecular weight is 315 g/mol. The van der Waals surface area contributed by atoms with Crippen LogP contribution in [0.25, 0.3) is 5.78 Å². The van der Waals surface area contributed by atoms with Crippen molar-refractivity contribution in [3.8, 4) is 6.07 Å². The number of hydrogen-bond acceptors (Lipinski definition) is 7. The molecule has 0 N–H and O–H groups in total. The van der Waals surface area contributed by atoms with Crippen molar-refractivity contribution in [1.29, 1.82) is 5.26 Å². The van der Waals surface area contributed by atoms with Crippen LogP contribution in [0.15, 0.2) is 38.2 Å². The summed E-state index contributed by atoms with van der Waals surface area (Å²) in [6.07, 6.45) is 3.25. The zero-order valence-corrected chi connectivity index (χ0v) is 12.4. The minimum absolute atomic E-state index is 0.124. The Labute approximate surface area is 127 Å². The van der Waals surface area contributed by atoms with Gasteiger partial charge in [0.15, 0.2) is 0 Å². The summed E-state index contributed by atoms with van der Waals surface area (Å²) in [5.41, 5.74) is -1.29. The van der Waals surface area contributed by atoms with Crippen LogP contribution < -0.4 is 11.2 Å². The summed E-state index contributed by atoms with van der Waals surface area (Å²) >= 11 is 0.972. The second-order valence-corrected chi connectivity index (χ2v) is 5.31. The normalized spacial score (nSPS) is 10.8. The highest BCUT2D eigenvalue weighted by molar-refractivity contribution is 7.99. The molecule has 0 aliphatic rings. The van der Waals surface area contributed by atoms with E-state index in [2.05, 4.69) is 15.1 Å². The first-order valence-electron chi connectivity index (χ1n) is 6.08. The first-order valence-corrected chi connectivity index (χ1v) is 6.90. The molecule has 0 saturated carbocycles. The SMILES string of the molecule is Cn1c(Sc2nc3ncccn3n2)c(C#N)c(=O)n(C)c1=O. The Morgan fingerprint density at radius 2 is 2.05 bits per heavy atom. The Balaban J connectivity index is 2.19. The molecule has 22 heavy (non-hydrogen) atoms. The molecule has 3 aromatic heterocycles. The number of aromatic nitrogens is 6. The summed E-state index contributed by atoms with van der Waals surface area (Å²) in [7, 11) is 2.81. The fourth-order valence-corrected chi connectivity index (χ4v) is 2.76. The van der Waals surface area contributed by atoms with Gasteiger partial charge in [0.05, 0.1) is 0 Å². The number of hydrogen-bond donors (Lipinski definition) is 0. The van der Waals surface area contributed by atoms with Crippen molar-refractivity contribution in [3.05, 3.63) is 44.9 Å². The predicted octanol–water partition coefficient (Wildman–Crippen LogP) is -0.455. The molecule has 9 nitrogen and oxygen atoms in total. The molecule has 0 saturated heterocycles. The van der Waals surface area contributed by atoms with E-state index in [9.17, 15) is 14.9 Å². The molecule has 0 atom stereocenters. The Morgan fingerprint density at radius 3 is 2.73 bits per heavy atom. The van der Waals surface area contributed by atoms with Gasteiger partial charge in [-0.25, -0.2) is 14.3 Å². The van der Waals surface area contributed by atoms with E-state index in [4.69, 9.17) is 0 Å². The van der Waals surface area contributed by atoms with E-state index in [-0.39, 0.29) is 10.6 Å². The minimum Gasteiger partial charge on any atom is -0.289 e. The van der Waals surface area contributed by atoms with Crippen molar-refractivity contribution in [2.24, 2.45) is 14.1 Å². The third kappa shape index (κ3) is 2.08. The zero-order valence-electron chi connectivity index (χ0n) is 11.6. The first kappa shape index (κ1) is 14.0. The third-order valence-electron chi connectivity index (χ3n) is 3.01. The number of nitrogens with zero attached hydrogens (tertiary/aromatic N) is 7. The van der Waals surface area contributed by atoms with E-state index in [0.29, 0.717) is 10.9 Å². The van der Waals surface area contributed by atoms with Gasteiger partial charge in [-0.1, -0.05) is 0 Å². The fourth-order valence-electron chi connectivity index (χ4n) is 1.88. The number of fused-ring (bicyclic) bond motifs is 1. The van der Waals surface area contributed by atoms with Crippen LogP contribution >= 0.6 is 11.8 Å². The summed E-state index contributed by atoms with van der Waals surface area (Å²) in [6.45, 7) is 0. The van der Waals surface area contributed by atoms with Crippen LogP contribution in [0.1, 0.15) is 5.56 Å². The van der Waals surface area contributed by atoms with Crippen molar-refractivity contribution in [2.75, 3.05) is 0 Å². The first-order chi connectivity index (χ1) is 10.5. The van der Waals surface area contributed by atoms with Gasteiger partial charge in [0.1, 0.15) is 16.7 Å². The molecule has 0 unspecified atom stereocenters. The van der Waals surface area contributed by atoms with Gasteiger partial charge in [0.2, 0.25) is 5.16 Å². The molecule has 0 amide bonds. The lowest BCUT2D eigenvalue weighted by Crippen LogP contribution is -2.39. The van der Waals surface area contributed by atoms with Crippen LogP contribution in [0.4, 0.5) is 0 Å². The molecule has 3 heterocycles. The van der Waals surface area contributed by atoms with Crippen LogP contribution in [0, 0.1) is 11.3 Å². The van der Waals surface area contributed by atoms with Gasteiger partial charge in [0, 0.05) is 26.5 Å². The average Bonchev–Trinajstić information content (AvgIpc) is 2.93. The van der Waals surface area contributed by atoms with Crippen LogP contribution in [-0.2, 0) is 14.1 Å². The van der Waals surface area contributed by atoms with Crippen molar-refractivity contribution in [3.63, 3.8) is 0 Å². The quantitative estimate of drug-likeness (QED) is 0.588. The van der Waals surface area contributed by atoms with Crippen LogP contribution in [-0.4, -0.2) is 28.7 Å². The van der Waals surface area contributed by atoms with Gasteiger partial charge in [0.25, 0.3) is 11.3 Å². The largest absolute Gasteiger partial charge is 0.331 e. The van der Waals surface area contributed by atoms with Gasteiger partial charge >= 0.3 is 5.69 Å². The van der Waals surface area contributed by atoms with Crippen LogP contribution in [0.5, 0.6) is 0 Å². The summed E-state index contributed by atoms with van der Waals surface area (Å²) in [6, 6.07) is 3.53. The summed E-state index contributed by atoms with van der Waals surface area (Å²) in [5, 5.41) is 13.9. The highest BCUT2D eigenvalue weighted by atomic mass is 32.2. The predicted molar refractivity (Wildman–Crippen MR) is 76.5 cm³/mol. The topological polar surface area (TPSA) is 111 Å². The van der Waals surface area contributed by atoms with E-state index in [0.717, 1.165) is 16.3 Å². The number of nitriles is 1. The summed E-state index contributed by atoms with van der Waals surface area (Å²) in [5.74, 6) is 0.386. The highest BCUT2D eigenvalue weighted by Gasteiger charge is 2.18. The summed E-state index contributed by atoms with van der Waals surface area (Å²) < 4.78 is 3.58. The Bertz CT molecular complexity index is 1010. The molecule has 0 fully saturated rings. The van der Waals surface area contributed by atoms with Gasteiger partial charge in [-0.15, -0.1) is 5.10 Å². The minimum atomic E-state index is -0.644. The maximum Gasteiger partial charge on any atom is 0.331 e. The second-order valence-electron chi connectivity index (χ2n) is 4.36. The molecular formula is C12H9N7O2S. The Kier molecular flexibility index (Phi) is 3.26. The summed E-state index contributed by atoms with van der Waals surface area (Å²) in [4.78, 5) is 32.2. The standard InChI is InChI=1S/C12H9N7O2S/c1-17-8(20)7(6-13)9(18(2)12(17)21)22-11-15-10-14-4-3-5-19(10)16-11/h3-5H,1-2H3. The molecule has 110 valence electrons. The molecular weight excluding hydrogens is 306 g/mol. The Morgan fingerprint density at radius 1 is 1.27 bits per heavy atom. The van der Waals surface area contributed by atoms with E-state index >= 15 is 0 Å². The van der Waals surface area contributed by atoms with E-state index < -0.39 is 11.2 Å². The van der Waals surface area contributed by atoms with Gasteiger partial charge in [-0.2, -0.15) is 10.2 Å². The lowest BCUT2D eigenvalue weighted by molar-refractivity contribution is 0.630. The van der Waals surface area contributed by atoms with Crippen molar-refractivity contribution >= 4 is 17.5 Å². The second kappa shape index (κ2) is 5.12. The molecule has 3 rings (SSSR count). The molecule has 0 aliphatic carbocycles. The van der Waals surface area contributed by atoms with Gasteiger partial charge < -0.3 is 0 Å². The van der Waals surface area contributed by atoms with Crippen LogP contribution in [0.2, 0.25) is 0 Å². The highest BCUT2D eigenvalue weighted by Crippen LogP contribution is 2.25. The van der Waals surface area contributed by atoms with E-state index in [1.54, 1.807) is 18.5 Å². The number of rotatable bonds is 2. The molecule has 0 aromatic carbocycles. The molecule has 3 aromatic rings. The van der Waals surface area contributed by atoms with Crippen LogP contribution in [0.3, 0.4) is 0 Å². The Hall–Kier alpha value is -2.93. The lowest BCUT2D eigenvalue weighted by Gasteiger charge is -2.08. The maximum atomic E-state index is 12.0. The maximum absolute atomic E-state index is 12.0. The van der Waals surface area contributed by atoms with Crippen molar-refractivity contribution in [1.82, 2.24) is 28.7 Å². The lowest BCUT2D eigenvalue weighted by atomic mass is 10.3. The van der Waals surface area contributed by atoms with Crippen molar-refractivity contribution < 1.29 is 0 Å². The zero-order chi connectivity index (χ0) is 15.9. The van der Waals surface area contributed by atoms with Crippen molar-refractivity contribution in [2.45, 2.75) is 10.2 Å². The molecule has 0 bridgehead atoms. The van der Waals surface area contributed by atoms with E-state index in [1.165, 1.54) is 23.2 Å². The molecule has 0 aliphatic heterocycles. The van der Waals surface area contributed by atoms with Gasteiger partial charge in [-0.3, -0.25) is 13.9 Å². The monoisotopic (exact) mass is 315 g/mol. The van der Waals surface area contributed by atoms with Gasteiger partial charge in [-0.05, 0) is 17.8 Å². The third-order valence-corrected chi connectivity index (χ3v) is 4.03. The molecule has 0 radical (unpaired) electrons. The molecule has 0 spiro atoms. The molecule has 10 heteroatoms.